The lowest BCUT2D eigenvalue weighted by atomic mass is 9.97. The van der Waals surface area contributed by atoms with Crippen LogP contribution in [-0.2, 0) is 11.2 Å². The van der Waals surface area contributed by atoms with Crippen LogP contribution in [0.2, 0.25) is 0 Å². The van der Waals surface area contributed by atoms with Gasteiger partial charge in [-0.15, -0.1) is 0 Å². The zero-order valence-corrected chi connectivity index (χ0v) is 10.9. The van der Waals surface area contributed by atoms with Gasteiger partial charge in [-0.2, -0.15) is 0 Å². The van der Waals surface area contributed by atoms with Crippen LogP contribution in [-0.4, -0.2) is 30.4 Å². The second-order valence-corrected chi connectivity index (χ2v) is 5.22. The number of carbonyl (C=O) groups excluding carboxylic acids is 1. The van der Waals surface area contributed by atoms with Crippen molar-refractivity contribution >= 4 is 16.7 Å². The standard InChI is InChI=1S/C16H18N2O/c17-9-12-10-18(11-12)16(19)8-14-6-3-5-13-4-1-2-7-15(13)14/h1-7,12H,8-11,17H2. The van der Waals surface area contributed by atoms with Crippen molar-refractivity contribution in [3.05, 3.63) is 48.0 Å². The van der Waals surface area contributed by atoms with E-state index in [1.54, 1.807) is 0 Å². The molecule has 3 heteroatoms. The average molecular weight is 254 g/mol. The molecule has 0 radical (unpaired) electrons. The highest BCUT2D eigenvalue weighted by Gasteiger charge is 2.29. The van der Waals surface area contributed by atoms with Crippen LogP contribution >= 0.6 is 0 Å². The summed E-state index contributed by atoms with van der Waals surface area (Å²) in [6.45, 7) is 2.32. The molecule has 0 aromatic heterocycles. The minimum atomic E-state index is 0.209. The molecule has 2 aromatic carbocycles. The second kappa shape index (κ2) is 5.02. The molecule has 1 aliphatic rings. The van der Waals surface area contributed by atoms with E-state index >= 15 is 0 Å². The predicted molar refractivity (Wildman–Crippen MR) is 76.8 cm³/mol. The molecule has 0 spiro atoms. The van der Waals surface area contributed by atoms with Crippen molar-refractivity contribution in [1.29, 1.82) is 0 Å². The summed E-state index contributed by atoms with van der Waals surface area (Å²) in [6, 6.07) is 14.3. The number of amides is 1. The fraction of sp³-hybridized carbons (Fsp3) is 0.312. The number of likely N-dealkylation sites (tertiary alicyclic amines) is 1. The SMILES string of the molecule is NCC1CN(C(=O)Cc2cccc3ccccc23)C1. The summed E-state index contributed by atoms with van der Waals surface area (Å²) < 4.78 is 0. The zero-order valence-electron chi connectivity index (χ0n) is 10.9. The second-order valence-electron chi connectivity index (χ2n) is 5.22. The van der Waals surface area contributed by atoms with E-state index in [4.69, 9.17) is 5.73 Å². The van der Waals surface area contributed by atoms with Gasteiger partial charge in [-0.25, -0.2) is 0 Å². The van der Waals surface area contributed by atoms with E-state index in [1.165, 1.54) is 10.8 Å². The van der Waals surface area contributed by atoms with Crippen LogP contribution in [0.25, 0.3) is 10.8 Å². The Labute approximate surface area is 113 Å². The highest BCUT2D eigenvalue weighted by Crippen LogP contribution is 2.21. The van der Waals surface area contributed by atoms with Crippen LogP contribution in [0.3, 0.4) is 0 Å². The van der Waals surface area contributed by atoms with Gasteiger partial charge in [0.05, 0.1) is 6.42 Å². The maximum atomic E-state index is 12.2. The van der Waals surface area contributed by atoms with Crippen molar-refractivity contribution in [2.45, 2.75) is 6.42 Å². The quantitative estimate of drug-likeness (QED) is 0.908. The molecule has 2 N–H and O–H groups in total. The Morgan fingerprint density at radius 3 is 2.68 bits per heavy atom. The summed E-state index contributed by atoms with van der Waals surface area (Å²) in [5.41, 5.74) is 6.70. The molecule has 0 saturated carbocycles. The maximum Gasteiger partial charge on any atom is 0.227 e. The van der Waals surface area contributed by atoms with Crippen molar-refractivity contribution in [3.63, 3.8) is 0 Å². The third-order valence-electron chi connectivity index (χ3n) is 3.86. The zero-order chi connectivity index (χ0) is 13.2. The fourth-order valence-corrected chi connectivity index (χ4v) is 2.64. The Bertz CT molecular complexity index is 597. The van der Waals surface area contributed by atoms with Crippen molar-refractivity contribution in [2.24, 2.45) is 11.7 Å². The summed E-state index contributed by atoms with van der Waals surface area (Å²) in [5.74, 6) is 0.706. The predicted octanol–water partition coefficient (Wildman–Crippen LogP) is 1.80. The third-order valence-corrected chi connectivity index (χ3v) is 3.86. The first-order valence-electron chi connectivity index (χ1n) is 6.72. The number of carbonyl (C=O) groups is 1. The number of fused-ring (bicyclic) bond motifs is 1. The topological polar surface area (TPSA) is 46.3 Å². The van der Waals surface area contributed by atoms with E-state index in [1.807, 2.05) is 29.2 Å². The van der Waals surface area contributed by atoms with Gasteiger partial charge in [0.2, 0.25) is 5.91 Å². The first kappa shape index (κ1) is 12.2. The number of nitrogens with two attached hydrogens (primary N) is 1. The molecule has 0 bridgehead atoms. The van der Waals surface area contributed by atoms with Crippen molar-refractivity contribution in [2.75, 3.05) is 19.6 Å². The van der Waals surface area contributed by atoms with Gasteiger partial charge in [-0.1, -0.05) is 42.5 Å². The lowest BCUT2D eigenvalue weighted by Gasteiger charge is -2.38. The van der Waals surface area contributed by atoms with Crippen molar-refractivity contribution in [3.8, 4) is 0 Å². The molecule has 1 amide bonds. The average Bonchev–Trinajstić information content (AvgIpc) is 2.38. The number of nitrogens with zero attached hydrogens (tertiary/aromatic N) is 1. The lowest BCUT2D eigenvalue weighted by molar-refractivity contribution is -0.136. The molecule has 98 valence electrons. The number of hydrogen-bond donors (Lipinski definition) is 1. The maximum absolute atomic E-state index is 12.2. The number of rotatable bonds is 3. The van der Waals surface area contributed by atoms with Gasteiger partial charge in [0, 0.05) is 19.0 Å². The Morgan fingerprint density at radius 1 is 1.16 bits per heavy atom. The van der Waals surface area contributed by atoms with E-state index in [0.29, 0.717) is 18.9 Å². The van der Waals surface area contributed by atoms with E-state index in [2.05, 4.69) is 18.2 Å². The third kappa shape index (κ3) is 2.34. The van der Waals surface area contributed by atoms with Crippen LogP contribution in [0.1, 0.15) is 5.56 Å². The smallest absolute Gasteiger partial charge is 0.227 e. The molecular weight excluding hydrogens is 236 g/mol. The molecule has 1 fully saturated rings. The molecule has 1 saturated heterocycles. The normalized spacial score (nSPS) is 15.5. The van der Waals surface area contributed by atoms with Crippen molar-refractivity contribution < 1.29 is 4.79 Å². The largest absolute Gasteiger partial charge is 0.342 e. The number of hydrogen-bond acceptors (Lipinski definition) is 2. The van der Waals surface area contributed by atoms with Crippen molar-refractivity contribution in [1.82, 2.24) is 4.90 Å². The molecule has 0 unspecified atom stereocenters. The van der Waals surface area contributed by atoms with E-state index in [-0.39, 0.29) is 5.91 Å². The van der Waals surface area contributed by atoms with Gasteiger partial charge in [-0.05, 0) is 22.9 Å². The van der Waals surface area contributed by atoms with Gasteiger partial charge in [-0.3, -0.25) is 4.79 Å². The Morgan fingerprint density at radius 2 is 1.89 bits per heavy atom. The van der Waals surface area contributed by atoms with Gasteiger partial charge >= 0.3 is 0 Å². The monoisotopic (exact) mass is 254 g/mol. The fourth-order valence-electron chi connectivity index (χ4n) is 2.64. The van der Waals surface area contributed by atoms with Gasteiger partial charge in [0.1, 0.15) is 0 Å². The first-order valence-corrected chi connectivity index (χ1v) is 6.72. The molecule has 2 aromatic rings. The first-order chi connectivity index (χ1) is 9.28. The molecule has 3 nitrogen and oxygen atoms in total. The van der Waals surface area contributed by atoms with E-state index < -0.39 is 0 Å². The summed E-state index contributed by atoms with van der Waals surface area (Å²) in [4.78, 5) is 14.1. The summed E-state index contributed by atoms with van der Waals surface area (Å²) in [5, 5.41) is 2.37. The van der Waals surface area contributed by atoms with Gasteiger partial charge in [0.15, 0.2) is 0 Å². The minimum Gasteiger partial charge on any atom is -0.342 e. The summed E-state index contributed by atoms with van der Waals surface area (Å²) >= 11 is 0. The minimum absolute atomic E-state index is 0.209. The van der Waals surface area contributed by atoms with Crippen LogP contribution in [0, 0.1) is 5.92 Å². The van der Waals surface area contributed by atoms with E-state index in [0.717, 1.165) is 18.7 Å². The van der Waals surface area contributed by atoms with Gasteiger partial charge < -0.3 is 10.6 Å². The molecule has 0 aliphatic carbocycles. The van der Waals surface area contributed by atoms with Crippen LogP contribution in [0.5, 0.6) is 0 Å². The highest BCUT2D eigenvalue weighted by molar-refractivity contribution is 5.90. The summed E-state index contributed by atoms with van der Waals surface area (Å²) in [6.07, 6.45) is 0.485. The molecule has 1 aliphatic heterocycles. The molecular formula is C16H18N2O. The highest BCUT2D eigenvalue weighted by atomic mass is 16.2. The van der Waals surface area contributed by atoms with Crippen LogP contribution < -0.4 is 5.73 Å². The van der Waals surface area contributed by atoms with Crippen LogP contribution in [0.15, 0.2) is 42.5 Å². The Balaban J connectivity index is 1.77. The summed E-state index contributed by atoms with van der Waals surface area (Å²) in [7, 11) is 0. The van der Waals surface area contributed by atoms with Crippen LogP contribution in [0.4, 0.5) is 0 Å². The Kier molecular flexibility index (Phi) is 3.22. The molecule has 1 heterocycles. The molecule has 19 heavy (non-hydrogen) atoms. The molecule has 0 atom stereocenters. The number of benzene rings is 2. The van der Waals surface area contributed by atoms with E-state index in [9.17, 15) is 4.79 Å². The van der Waals surface area contributed by atoms with Gasteiger partial charge in [0.25, 0.3) is 0 Å². The molecule has 3 rings (SSSR count). The lowest BCUT2D eigenvalue weighted by Crippen LogP contribution is -2.53. The Hall–Kier alpha value is -1.87.